The predicted octanol–water partition coefficient (Wildman–Crippen LogP) is 2.99. The van der Waals surface area contributed by atoms with Gasteiger partial charge >= 0.3 is 0 Å². The van der Waals surface area contributed by atoms with Gasteiger partial charge in [-0.3, -0.25) is 0 Å². The van der Waals surface area contributed by atoms with Gasteiger partial charge < -0.3 is 14.7 Å². The molecular formula is C16H25NO2. The molecule has 0 aromatic heterocycles. The van der Waals surface area contributed by atoms with Gasteiger partial charge in [0, 0.05) is 25.9 Å². The van der Waals surface area contributed by atoms with E-state index in [1.54, 1.807) is 0 Å². The summed E-state index contributed by atoms with van der Waals surface area (Å²) in [7, 11) is 2.12. The average Bonchev–Trinajstić information content (AvgIpc) is 2.47. The number of benzene rings is 1. The second kappa shape index (κ2) is 6.92. The largest absolute Gasteiger partial charge is 0.388 e. The van der Waals surface area contributed by atoms with Crippen molar-refractivity contribution in [1.82, 2.24) is 0 Å². The van der Waals surface area contributed by atoms with E-state index >= 15 is 0 Å². The van der Waals surface area contributed by atoms with Crippen LogP contribution in [0, 0.1) is 5.92 Å². The van der Waals surface area contributed by atoms with Crippen LogP contribution in [0.1, 0.15) is 37.9 Å². The first kappa shape index (κ1) is 14.4. The smallest absolute Gasteiger partial charge is 0.0787 e. The maximum absolute atomic E-state index is 9.79. The summed E-state index contributed by atoms with van der Waals surface area (Å²) in [6.45, 7) is 4.84. The summed E-state index contributed by atoms with van der Waals surface area (Å²) >= 11 is 0. The van der Waals surface area contributed by atoms with Crippen LogP contribution in [0.2, 0.25) is 0 Å². The Morgan fingerprint density at radius 1 is 1.37 bits per heavy atom. The molecule has 1 aromatic carbocycles. The van der Waals surface area contributed by atoms with Crippen LogP contribution in [0.3, 0.4) is 0 Å². The van der Waals surface area contributed by atoms with Gasteiger partial charge in [-0.2, -0.15) is 0 Å². The number of rotatable bonds is 5. The van der Waals surface area contributed by atoms with Crippen LogP contribution in [0.4, 0.5) is 5.69 Å². The summed E-state index contributed by atoms with van der Waals surface area (Å²) < 4.78 is 5.52. The van der Waals surface area contributed by atoms with Crippen molar-refractivity contribution in [2.45, 2.75) is 32.3 Å². The lowest BCUT2D eigenvalue weighted by molar-refractivity contribution is 0.0576. The van der Waals surface area contributed by atoms with E-state index in [4.69, 9.17) is 4.74 Å². The topological polar surface area (TPSA) is 32.7 Å². The molecule has 0 bridgehead atoms. The molecule has 2 rings (SSSR count). The van der Waals surface area contributed by atoms with E-state index in [0.717, 1.165) is 31.7 Å². The lowest BCUT2D eigenvalue weighted by atomic mass is 10.0. The Kier molecular flexibility index (Phi) is 5.23. The predicted molar refractivity (Wildman–Crippen MR) is 78.5 cm³/mol. The summed E-state index contributed by atoms with van der Waals surface area (Å²) in [4.78, 5) is 2.28. The van der Waals surface area contributed by atoms with Gasteiger partial charge in [0.2, 0.25) is 0 Å². The van der Waals surface area contributed by atoms with Gasteiger partial charge in [-0.1, -0.05) is 19.1 Å². The molecule has 106 valence electrons. The molecule has 1 heterocycles. The van der Waals surface area contributed by atoms with E-state index in [1.165, 1.54) is 18.5 Å². The van der Waals surface area contributed by atoms with E-state index in [1.807, 2.05) is 19.1 Å². The molecule has 3 nitrogen and oxygen atoms in total. The Balaban J connectivity index is 1.93. The summed E-state index contributed by atoms with van der Waals surface area (Å²) in [5, 5.41) is 9.79. The molecule has 0 saturated carbocycles. The standard InChI is InChI=1S/C16H25NO2/c1-3-16(18)14-6-8-15(9-7-14)17(2)11-13-5-4-10-19-12-13/h6-9,13,16,18H,3-5,10-12H2,1-2H3/t13?,16-/m1/s1. The van der Waals surface area contributed by atoms with Crippen molar-refractivity contribution < 1.29 is 9.84 Å². The van der Waals surface area contributed by atoms with Gasteiger partial charge in [0.1, 0.15) is 0 Å². The van der Waals surface area contributed by atoms with Crippen molar-refractivity contribution in [2.24, 2.45) is 5.92 Å². The molecule has 1 aliphatic heterocycles. The van der Waals surface area contributed by atoms with Gasteiger partial charge in [-0.15, -0.1) is 0 Å². The minimum absolute atomic E-state index is 0.342. The van der Waals surface area contributed by atoms with Crippen LogP contribution in [-0.4, -0.2) is 31.9 Å². The van der Waals surface area contributed by atoms with Crippen LogP contribution >= 0.6 is 0 Å². The molecule has 1 unspecified atom stereocenters. The number of hydrogen-bond acceptors (Lipinski definition) is 3. The molecule has 1 saturated heterocycles. The van der Waals surface area contributed by atoms with E-state index in [0.29, 0.717) is 5.92 Å². The maximum Gasteiger partial charge on any atom is 0.0787 e. The van der Waals surface area contributed by atoms with Gasteiger partial charge in [-0.05, 0) is 42.9 Å². The number of ether oxygens (including phenoxy) is 1. The summed E-state index contributed by atoms with van der Waals surface area (Å²) in [6, 6.07) is 8.24. The Morgan fingerprint density at radius 3 is 2.68 bits per heavy atom. The fourth-order valence-corrected chi connectivity index (χ4v) is 2.63. The molecular weight excluding hydrogens is 238 g/mol. The van der Waals surface area contributed by atoms with Crippen molar-refractivity contribution in [1.29, 1.82) is 0 Å². The number of anilines is 1. The Morgan fingerprint density at radius 2 is 2.11 bits per heavy atom. The highest BCUT2D eigenvalue weighted by Crippen LogP contribution is 2.22. The molecule has 1 aliphatic rings. The minimum atomic E-state index is -0.342. The second-order valence-electron chi connectivity index (χ2n) is 5.48. The zero-order valence-corrected chi connectivity index (χ0v) is 12.0. The van der Waals surface area contributed by atoms with Crippen molar-refractivity contribution >= 4 is 5.69 Å². The Bertz CT molecular complexity index is 371. The lowest BCUT2D eigenvalue weighted by Crippen LogP contribution is -2.30. The van der Waals surface area contributed by atoms with Gasteiger partial charge in [0.15, 0.2) is 0 Å². The number of aliphatic hydroxyl groups is 1. The maximum atomic E-state index is 9.79. The highest BCUT2D eigenvalue weighted by atomic mass is 16.5. The molecule has 1 aromatic rings. The molecule has 19 heavy (non-hydrogen) atoms. The SMILES string of the molecule is CC[C@@H](O)c1ccc(N(C)CC2CCCOC2)cc1. The zero-order chi connectivity index (χ0) is 13.7. The fourth-order valence-electron chi connectivity index (χ4n) is 2.63. The van der Waals surface area contributed by atoms with Gasteiger partial charge in [0.25, 0.3) is 0 Å². The van der Waals surface area contributed by atoms with E-state index in [2.05, 4.69) is 24.1 Å². The molecule has 3 heteroatoms. The van der Waals surface area contributed by atoms with Crippen LogP contribution in [0.25, 0.3) is 0 Å². The third-order valence-electron chi connectivity index (χ3n) is 3.89. The first-order valence-electron chi connectivity index (χ1n) is 7.27. The van der Waals surface area contributed by atoms with Crippen LogP contribution in [0.15, 0.2) is 24.3 Å². The third kappa shape index (κ3) is 3.95. The summed E-state index contributed by atoms with van der Waals surface area (Å²) in [5.74, 6) is 0.639. The molecule has 2 atom stereocenters. The van der Waals surface area contributed by atoms with E-state index in [9.17, 15) is 5.11 Å². The van der Waals surface area contributed by atoms with Crippen LogP contribution < -0.4 is 4.90 Å². The van der Waals surface area contributed by atoms with E-state index in [-0.39, 0.29) is 6.10 Å². The molecule has 0 amide bonds. The molecule has 1 N–H and O–H groups in total. The third-order valence-corrected chi connectivity index (χ3v) is 3.89. The van der Waals surface area contributed by atoms with Crippen LogP contribution in [0.5, 0.6) is 0 Å². The molecule has 0 radical (unpaired) electrons. The average molecular weight is 263 g/mol. The summed E-state index contributed by atoms with van der Waals surface area (Å²) in [6.07, 6.45) is 2.86. The monoisotopic (exact) mass is 263 g/mol. The van der Waals surface area contributed by atoms with Gasteiger partial charge in [0.05, 0.1) is 12.7 Å². The van der Waals surface area contributed by atoms with Crippen molar-refractivity contribution in [3.05, 3.63) is 29.8 Å². The Labute approximate surface area is 116 Å². The summed E-state index contributed by atoms with van der Waals surface area (Å²) in [5.41, 5.74) is 2.21. The fraction of sp³-hybridized carbons (Fsp3) is 0.625. The van der Waals surface area contributed by atoms with Crippen molar-refractivity contribution in [3.63, 3.8) is 0 Å². The number of nitrogens with zero attached hydrogens (tertiary/aromatic N) is 1. The van der Waals surface area contributed by atoms with Crippen molar-refractivity contribution in [2.75, 3.05) is 31.7 Å². The second-order valence-corrected chi connectivity index (χ2v) is 5.48. The zero-order valence-electron chi connectivity index (χ0n) is 12.0. The minimum Gasteiger partial charge on any atom is -0.388 e. The first-order chi connectivity index (χ1) is 9.20. The number of hydrogen-bond donors (Lipinski definition) is 1. The highest BCUT2D eigenvalue weighted by molar-refractivity contribution is 5.47. The first-order valence-corrected chi connectivity index (χ1v) is 7.27. The molecule has 0 spiro atoms. The van der Waals surface area contributed by atoms with Crippen molar-refractivity contribution in [3.8, 4) is 0 Å². The number of aliphatic hydroxyl groups excluding tert-OH is 1. The normalized spacial score (nSPS) is 21.1. The lowest BCUT2D eigenvalue weighted by Gasteiger charge is -2.28. The quantitative estimate of drug-likeness (QED) is 0.886. The molecule has 1 fully saturated rings. The van der Waals surface area contributed by atoms with Crippen LogP contribution in [-0.2, 0) is 4.74 Å². The van der Waals surface area contributed by atoms with Gasteiger partial charge in [-0.25, -0.2) is 0 Å². The highest BCUT2D eigenvalue weighted by Gasteiger charge is 2.16. The molecule has 0 aliphatic carbocycles. The Hall–Kier alpha value is -1.06. The van der Waals surface area contributed by atoms with E-state index < -0.39 is 0 Å².